The lowest BCUT2D eigenvalue weighted by Crippen LogP contribution is -2.22. The van der Waals surface area contributed by atoms with Gasteiger partial charge in [-0.3, -0.25) is 10.4 Å². The third-order valence-electron chi connectivity index (χ3n) is 4.91. The monoisotopic (exact) mass is 482 g/mol. The van der Waals surface area contributed by atoms with Gasteiger partial charge in [0.1, 0.15) is 17.2 Å². The molecule has 2 heterocycles. The first kappa shape index (κ1) is 24.7. The molecule has 0 saturated carbocycles. The molecule has 0 aliphatic heterocycles. The van der Waals surface area contributed by atoms with Crippen LogP contribution in [-0.4, -0.2) is 40.9 Å². The van der Waals surface area contributed by atoms with Crippen LogP contribution < -0.4 is 16.8 Å². The second-order valence-electron chi connectivity index (χ2n) is 7.45. The third kappa shape index (κ3) is 6.52. The molecule has 0 saturated heterocycles. The van der Waals surface area contributed by atoms with Crippen molar-refractivity contribution in [3.05, 3.63) is 80.0 Å². The molecule has 0 fully saturated rings. The number of nitrogens with zero attached hydrogens (tertiary/aromatic N) is 3. The summed E-state index contributed by atoms with van der Waals surface area (Å²) in [6.45, 7) is 3.71. The normalized spacial score (nSPS) is 12.5. The second kappa shape index (κ2) is 11.8. The van der Waals surface area contributed by atoms with Crippen LogP contribution in [0.4, 0.5) is 0 Å². The molecule has 3 rings (SSSR count). The van der Waals surface area contributed by atoms with E-state index in [1.54, 1.807) is 13.1 Å². The van der Waals surface area contributed by atoms with Crippen molar-refractivity contribution in [2.75, 3.05) is 13.1 Å². The Morgan fingerprint density at radius 2 is 2.03 bits per heavy atom. The van der Waals surface area contributed by atoms with Crippen LogP contribution in [0.15, 0.2) is 47.6 Å². The van der Waals surface area contributed by atoms with E-state index in [0.29, 0.717) is 40.1 Å². The summed E-state index contributed by atoms with van der Waals surface area (Å²) >= 11 is 7.40. The summed E-state index contributed by atoms with van der Waals surface area (Å²) in [4.78, 5) is 14.1. The van der Waals surface area contributed by atoms with Crippen LogP contribution in [0.5, 0.6) is 0 Å². The lowest BCUT2D eigenvalue weighted by molar-refractivity contribution is 0.693. The van der Waals surface area contributed by atoms with Crippen LogP contribution >= 0.6 is 22.9 Å². The van der Waals surface area contributed by atoms with Crippen LogP contribution in [0, 0.1) is 10.8 Å². The van der Waals surface area contributed by atoms with Crippen LogP contribution in [-0.2, 0) is 13.0 Å². The Kier molecular flexibility index (Phi) is 8.79. The fourth-order valence-electron chi connectivity index (χ4n) is 3.37. The Hall–Kier alpha value is -2.98. The van der Waals surface area contributed by atoms with Crippen molar-refractivity contribution in [3.63, 3.8) is 0 Å². The topological polar surface area (TPSA) is 150 Å². The summed E-state index contributed by atoms with van der Waals surface area (Å²) in [7, 11) is 0. The molecule has 0 radical (unpaired) electrons. The summed E-state index contributed by atoms with van der Waals surface area (Å²) in [6, 6.07) is 11.5. The first-order chi connectivity index (χ1) is 15.9. The number of thiazole rings is 1. The zero-order valence-corrected chi connectivity index (χ0v) is 19.9. The molecule has 0 bridgehead atoms. The van der Waals surface area contributed by atoms with Gasteiger partial charge in [-0.2, -0.15) is 0 Å². The smallest absolute Gasteiger partial charge is 0.144 e. The van der Waals surface area contributed by atoms with Gasteiger partial charge >= 0.3 is 0 Å². The number of nitrogens with one attached hydrogen (secondary N) is 3. The molecule has 10 heteroatoms. The Morgan fingerprint density at radius 3 is 2.70 bits per heavy atom. The van der Waals surface area contributed by atoms with Gasteiger partial charge in [0.15, 0.2) is 0 Å². The molecular formula is C23H27ClN8S. The van der Waals surface area contributed by atoms with Crippen LogP contribution in [0.2, 0.25) is 5.02 Å². The zero-order valence-electron chi connectivity index (χ0n) is 18.3. The van der Waals surface area contributed by atoms with Gasteiger partial charge in [0.05, 0.1) is 22.2 Å². The van der Waals surface area contributed by atoms with E-state index >= 15 is 0 Å². The van der Waals surface area contributed by atoms with E-state index in [-0.39, 0.29) is 5.84 Å². The molecule has 0 aliphatic carbocycles. The number of aliphatic imine (C=N–C) groups is 1. The molecule has 3 aromatic rings. The van der Waals surface area contributed by atoms with Crippen LogP contribution in [0.1, 0.15) is 45.2 Å². The van der Waals surface area contributed by atoms with Crippen molar-refractivity contribution in [1.29, 1.82) is 10.8 Å². The van der Waals surface area contributed by atoms with Crippen molar-refractivity contribution in [1.82, 2.24) is 15.3 Å². The quantitative estimate of drug-likeness (QED) is 0.161. The molecule has 0 spiro atoms. The van der Waals surface area contributed by atoms with Crippen molar-refractivity contribution in [3.8, 4) is 0 Å². The summed E-state index contributed by atoms with van der Waals surface area (Å²) in [6.07, 6.45) is 3.19. The summed E-state index contributed by atoms with van der Waals surface area (Å²) in [5.74, 6) is -0.179. The van der Waals surface area contributed by atoms with E-state index in [9.17, 15) is 0 Å². The number of hydrogen-bond donors (Lipinski definition) is 5. The van der Waals surface area contributed by atoms with E-state index in [1.165, 1.54) is 11.3 Å². The molecule has 0 aliphatic rings. The molecule has 172 valence electrons. The highest BCUT2D eigenvalue weighted by atomic mass is 35.5. The van der Waals surface area contributed by atoms with E-state index in [2.05, 4.69) is 15.3 Å². The predicted octanol–water partition coefficient (Wildman–Crippen LogP) is 3.31. The maximum Gasteiger partial charge on any atom is 0.144 e. The van der Waals surface area contributed by atoms with Gasteiger partial charge in [0.2, 0.25) is 0 Å². The number of halogens is 1. The lowest BCUT2D eigenvalue weighted by atomic mass is 9.99. The molecule has 8 nitrogen and oxygen atoms in total. The maximum atomic E-state index is 8.46. The van der Waals surface area contributed by atoms with Gasteiger partial charge in [-0.05, 0) is 42.3 Å². The SMILES string of the molecule is CC(=N)C(c1cc(CNCCN)ccn1)c1nc(Cc2ccc(Cl)cc2)c(C(N)=NC=N)s1. The minimum atomic E-state index is -0.407. The molecular weight excluding hydrogens is 456 g/mol. The number of rotatable bonds is 11. The van der Waals surface area contributed by atoms with E-state index < -0.39 is 5.92 Å². The minimum absolute atomic E-state index is 0.229. The molecule has 1 atom stereocenters. The number of hydrogen-bond acceptors (Lipinski definition) is 7. The van der Waals surface area contributed by atoms with Crippen LogP contribution in [0.25, 0.3) is 0 Å². The predicted molar refractivity (Wildman–Crippen MR) is 136 cm³/mol. The molecule has 33 heavy (non-hydrogen) atoms. The number of benzene rings is 1. The average molecular weight is 483 g/mol. The van der Waals surface area contributed by atoms with Crippen molar-refractivity contribution in [2.45, 2.75) is 25.8 Å². The first-order valence-electron chi connectivity index (χ1n) is 10.4. The van der Waals surface area contributed by atoms with Gasteiger partial charge in [0, 0.05) is 43.0 Å². The minimum Gasteiger partial charge on any atom is -0.382 e. The number of aromatic nitrogens is 2. The Morgan fingerprint density at radius 1 is 1.27 bits per heavy atom. The molecule has 7 N–H and O–H groups in total. The molecule has 1 aromatic carbocycles. The van der Waals surface area contributed by atoms with Gasteiger partial charge in [-0.1, -0.05) is 23.7 Å². The summed E-state index contributed by atoms with van der Waals surface area (Å²) < 4.78 is 0. The largest absolute Gasteiger partial charge is 0.382 e. The standard InChI is InChI=1S/C23H27ClN8S/c1-14(27)20(18-11-16(6-8-30-18)12-29-9-7-25)23-32-19(21(33-23)22(28)31-13-26)10-15-2-4-17(24)5-3-15/h2-6,8,11,13,20,27,29H,7,9-10,12,25H2,1H3,(H3,26,28,31). The van der Waals surface area contributed by atoms with Gasteiger partial charge in [0.25, 0.3) is 0 Å². The van der Waals surface area contributed by atoms with Crippen molar-refractivity contribution >= 4 is 40.8 Å². The third-order valence-corrected chi connectivity index (χ3v) is 6.34. The molecule has 2 aromatic heterocycles. The summed E-state index contributed by atoms with van der Waals surface area (Å²) in [5, 5.41) is 20.4. The highest BCUT2D eigenvalue weighted by Gasteiger charge is 2.25. The van der Waals surface area contributed by atoms with Gasteiger partial charge in [-0.25, -0.2) is 9.98 Å². The van der Waals surface area contributed by atoms with Crippen LogP contribution in [0.3, 0.4) is 0 Å². The fourth-order valence-corrected chi connectivity index (χ4v) is 4.67. The zero-order chi connectivity index (χ0) is 23.8. The van der Waals surface area contributed by atoms with Crippen molar-refractivity contribution in [2.24, 2.45) is 16.5 Å². The van der Waals surface area contributed by atoms with E-state index in [1.807, 2.05) is 36.4 Å². The highest BCUT2D eigenvalue weighted by molar-refractivity contribution is 7.14. The molecule has 0 amide bonds. The number of nitrogens with two attached hydrogens (primary N) is 2. The van der Waals surface area contributed by atoms with E-state index in [4.69, 9.17) is 38.9 Å². The van der Waals surface area contributed by atoms with Crippen molar-refractivity contribution < 1.29 is 0 Å². The summed E-state index contributed by atoms with van der Waals surface area (Å²) in [5.41, 5.74) is 15.7. The Bertz CT molecular complexity index is 1140. The first-order valence-corrected chi connectivity index (χ1v) is 11.6. The van der Waals surface area contributed by atoms with E-state index in [0.717, 1.165) is 35.4 Å². The van der Waals surface area contributed by atoms with Gasteiger partial charge in [-0.15, -0.1) is 11.3 Å². The fraction of sp³-hybridized carbons (Fsp3) is 0.261. The number of pyridine rings is 1. The number of amidine groups is 1. The second-order valence-corrected chi connectivity index (χ2v) is 8.91. The van der Waals surface area contributed by atoms with Gasteiger partial charge < -0.3 is 22.2 Å². The highest BCUT2D eigenvalue weighted by Crippen LogP contribution is 2.32. The maximum absolute atomic E-state index is 8.46. The Balaban J connectivity index is 2.00. The molecule has 1 unspecified atom stereocenters. The lowest BCUT2D eigenvalue weighted by Gasteiger charge is -2.14. The Labute approximate surface area is 202 Å². The average Bonchev–Trinajstić information content (AvgIpc) is 3.19.